The van der Waals surface area contributed by atoms with Crippen LogP contribution in [0.15, 0.2) is 53.1 Å². The average Bonchev–Trinajstić information content (AvgIpc) is 3.29. The number of thiazole rings is 1. The molecular formula is C19H16N4O3S. The molecule has 136 valence electrons. The van der Waals surface area contributed by atoms with Gasteiger partial charge in [-0.05, 0) is 42.8 Å². The highest BCUT2D eigenvalue weighted by Crippen LogP contribution is 2.28. The number of methoxy groups -OCH3 is 1. The summed E-state index contributed by atoms with van der Waals surface area (Å²) in [5.41, 5.74) is 2.79. The van der Waals surface area contributed by atoms with Gasteiger partial charge in [0.1, 0.15) is 5.75 Å². The third kappa shape index (κ3) is 3.61. The minimum atomic E-state index is -0.429. The maximum atomic E-state index is 12.2. The number of nitrogens with zero attached hydrogens (tertiary/aromatic N) is 2. The Morgan fingerprint density at radius 3 is 2.70 bits per heavy atom. The number of rotatable bonds is 4. The zero-order valence-corrected chi connectivity index (χ0v) is 15.5. The summed E-state index contributed by atoms with van der Waals surface area (Å²) in [5.74, 6) is 1.61. The van der Waals surface area contributed by atoms with Crippen LogP contribution in [0.1, 0.15) is 5.56 Å². The van der Waals surface area contributed by atoms with E-state index in [1.54, 1.807) is 13.2 Å². The van der Waals surface area contributed by atoms with Crippen LogP contribution in [-0.2, 0) is 0 Å². The summed E-state index contributed by atoms with van der Waals surface area (Å²) in [5, 5.41) is 9.78. The Balaban J connectivity index is 1.44. The van der Waals surface area contributed by atoms with Crippen LogP contribution in [0, 0.1) is 6.92 Å². The highest BCUT2D eigenvalue weighted by atomic mass is 32.1. The standard InChI is InChI=1S/C19H16N4O3S/c1-11-4-3-5-15-17(11)21-19(27-15)22-18(24)20-16-10-14(26-23-16)12-6-8-13(25-2)9-7-12/h3-10H,1-2H3,(H2,20,21,22,23,24). The Morgan fingerprint density at radius 2 is 1.96 bits per heavy atom. The van der Waals surface area contributed by atoms with E-state index in [1.807, 2.05) is 49.4 Å². The molecule has 2 N–H and O–H groups in total. The van der Waals surface area contributed by atoms with Gasteiger partial charge < -0.3 is 9.26 Å². The molecule has 0 bridgehead atoms. The molecule has 0 aliphatic carbocycles. The van der Waals surface area contributed by atoms with Crippen molar-refractivity contribution in [1.29, 1.82) is 0 Å². The lowest BCUT2D eigenvalue weighted by molar-refractivity contribution is 0.262. The summed E-state index contributed by atoms with van der Waals surface area (Å²) in [6, 6.07) is 14.5. The van der Waals surface area contributed by atoms with Crippen LogP contribution in [0.2, 0.25) is 0 Å². The third-order valence-corrected chi connectivity index (χ3v) is 4.90. The van der Waals surface area contributed by atoms with Crippen LogP contribution in [0.3, 0.4) is 0 Å². The van der Waals surface area contributed by atoms with Crippen molar-refractivity contribution in [2.45, 2.75) is 6.92 Å². The van der Waals surface area contributed by atoms with Crippen molar-refractivity contribution in [2.75, 3.05) is 17.7 Å². The lowest BCUT2D eigenvalue weighted by atomic mass is 10.2. The molecule has 2 aromatic carbocycles. The highest BCUT2D eigenvalue weighted by molar-refractivity contribution is 7.22. The van der Waals surface area contributed by atoms with Crippen LogP contribution in [0.25, 0.3) is 21.5 Å². The molecule has 0 unspecified atom stereocenters. The molecule has 2 heterocycles. The zero-order valence-electron chi connectivity index (χ0n) is 14.6. The number of aromatic nitrogens is 2. The molecule has 4 rings (SSSR count). The van der Waals surface area contributed by atoms with E-state index < -0.39 is 6.03 Å². The molecule has 7 nitrogen and oxygen atoms in total. The Kier molecular flexibility index (Phi) is 4.47. The molecular weight excluding hydrogens is 364 g/mol. The fourth-order valence-corrected chi connectivity index (χ4v) is 3.55. The first-order chi connectivity index (χ1) is 13.1. The lowest BCUT2D eigenvalue weighted by Crippen LogP contribution is -2.19. The quantitative estimate of drug-likeness (QED) is 0.525. The van der Waals surface area contributed by atoms with Gasteiger partial charge in [0.25, 0.3) is 0 Å². The van der Waals surface area contributed by atoms with Gasteiger partial charge in [0.15, 0.2) is 16.7 Å². The van der Waals surface area contributed by atoms with Crippen LogP contribution in [-0.4, -0.2) is 23.3 Å². The number of amides is 2. The van der Waals surface area contributed by atoms with Gasteiger partial charge in [0.2, 0.25) is 0 Å². The molecule has 2 amide bonds. The van der Waals surface area contributed by atoms with Gasteiger partial charge in [-0.2, -0.15) is 0 Å². The number of hydrogen-bond donors (Lipinski definition) is 2. The van der Waals surface area contributed by atoms with Gasteiger partial charge in [0.05, 0.1) is 17.3 Å². The maximum absolute atomic E-state index is 12.2. The molecule has 2 aromatic heterocycles. The fourth-order valence-electron chi connectivity index (χ4n) is 2.61. The van der Waals surface area contributed by atoms with Gasteiger partial charge in [-0.25, -0.2) is 9.78 Å². The Labute approximate surface area is 159 Å². The smallest absolute Gasteiger partial charge is 0.326 e. The summed E-state index contributed by atoms with van der Waals surface area (Å²) in [4.78, 5) is 16.7. The first-order valence-electron chi connectivity index (χ1n) is 8.17. The first-order valence-corrected chi connectivity index (χ1v) is 8.99. The minimum absolute atomic E-state index is 0.315. The normalized spacial score (nSPS) is 10.7. The van der Waals surface area contributed by atoms with Crippen LogP contribution < -0.4 is 15.4 Å². The maximum Gasteiger partial charge on any atom is 0.326 e. The van der Waals surface area contributed by atoms with Crippen LogP contribution >= 0.6 is 11.3 Å². The number of urea groups is 1. The second-order valence-corrected chi connectivity index (χ2v) is 6.86. The number of benzene rings is 2. The van der Waals surface area contributed by atoms with Crippen molar-refractivity contribution in [2.24, 2.45) is 0 Å². The van der Waals surface area contributed by atoms with Gasteiger partial charge in [-0.3, -0.25) is 10.6 Å². The average molecular weight is 380 g/mol. The van der Waals surface area contributed by atoms with E-state index >= 15 is 0 Å². The largest absolute Gasteiger partial charge is 0.497 e. The number of fused-ring (bicyclic) bond motifs is 1. The van der Waals surface area contributed by atoms with Crippen molar-refractivity contribution in [1.82, 2.24) is 10.1 Å². The summed E-state index contributed by atoms with van der Waals surface area (Å²) < 4.78 is 11.4. The second-order valence-electron chi connectivity index (χ2n) is 5.82. The molecule has 0 spiro atoms. The molecule has 0 aliphatic rings. The number of nitrogens with one attached hydrogen (secondary N) is 2. The summed E-state index contributed by atoms with van der Waals surface area (Å²) in [6.45, 7) is 1.99. The monoisotopic (exact) mass is 380 g/mol. The third-order valence-electron chi connectivity index (χ3n) is 3.97. The SMILES string of the molecule is COc1ccc(-c2cc(NC(=O)Nc3nc4c(C)cccc4s3)no2)cc1. The fraction of sp³-hybridized carbons (Fsp3) is 0.105. The van der Waals surface area contributed by atoms with E-state index in [9.17, 15) is 4.79 Å². The van der Waals surface area contributed by atoms with Crippen LogP contribution in [0.5, 0.6) is 5.75 Å². The summed E-state index contributed by atoms with van der Waals surface area (Å²) >= 11 is 1.42. The van der Waals surface area contributed by atoms with Crippen molar-refractivity contribution in [3.63, 3.8) is 0 Å². The molecule has 0 aliphatic heterocycles. The second kappa shape index (κ2) is 7.08. The number of para-hydroxylation sites is 1. The molecule has 0 fully saturated rings. The van der Waals surface area contributed by atoms with E-state index in [-0.39, 0.29) is 0 Å². The Hall–Kier alpha value is -3.39. The molecule has 0 atom stereocenters. The summed E-state index contributed by atoms with van der Waals surface area (Å²) in [7, 11) is 1.61. The van der Waals surface area contributed by atoms with Gasteiger partial charge in [-0.1, -0.05) is 28.6 Å². The summed E-state index contributed by atoms with van der Waals surface area (Å²) in [6.07, 6.45) is 0. The van der Waals surface area contributed by atoms with E-state index in [4.69, 9.17) is 9.26 Å². The molecule has 27 heavy (non-hydrogen) atoms. The van der Waals surface area contributed by atoms with E-state index in [1.165, 1.54) is 11.3 Å². The first kappa shape index (κ1) is 17.0. The van der Waals surface area contributed by atoms with Crippen molar-refractivity contribution in [3.8, 4) is 17.1 Å². The van der Waals surface area contributed by atoms with E-state index in [0.29, 0.717) is 16.7 Å². The molecule has 0 radical (unpaired) electrons. The molecule has 8 heteroatoms. The van der Waals surface area contributed by atoms with Crippen LogP contribution in [0.4, 0.5) is 15.7 Å². The number of hydrogen-bond acceptors (Lipinski definition) is 6. The van der Waals surface area contributed by atoms with Crippen molar-refractivity contribution >= 4 is 38.5 Å². The highest BCUT2D eigenvalue weighted by Gasteiger charge is 2.12. The van der Waals surface area contributed by atoms with Gasteiger partial charge in [-0.15, -0.1) is 0 Å². The van der Waals surface area contributed by atoms with Crippen molar-refractivity contribution < 1.29 is 14.1 Å². The predicted molar refractivity (Wildman–Crippen MR) is 105 cm³/mol. The molecule has 4 aromatic rings. The van der Waals surface area contributed by atoms with Crippen molar-refractivity contribution in [3.05, 3.63) is 54.1 Å². The van der Waals surface area contributed by atoms with Gasteiger partial charge >= 0.3 is 6.03 Å². The molecule has 0 saturated heterocycles. The number of ether oxygens (including phenoxy) is 1. The minimum Gasteiger partial charge on any atom is -0.497 e. The number of aryl methyl sites for hydroxylation is 1. The topological polar surface area (TPSA) is 89.3 Å². The van der Waals surface area contributed by atoms with E-state index in [2.05, 4.69) is 20.8 Å². The Morgan fingerprint density at radius 1 is 1.15 bits per heavy atom. The lowest BCUT2D eigenvalue weighted by Gasteiger charge is -2.00. The number of anilines is 2. The Bertz CT molecular complexity index is 1100. The van der Waals surface area contributed by atoms with E-state index in [0.717, 1.165) is 27.1 Å². The zero-order chi connectivity index (χ0) is 18.8. The molecule has 0 saturated carbocycles. The number of carbonyl (C=O) groups excluding carboxylic acids is 1. The predicted octanol–water partition coefficient (Wildman–Crippen LogP) is 4.91. The number of carbonyl (C=O) groups is 1. The van der Waals surface area contributed by atoms with Gasteiger partial charge in [0, 0.05) is 11.6 Å².